The van der Waals surface area contributed by atoms with Crippen LogP contribution in [-0.2, 0) is 0 Å². The van der Waals surface area contributed by atoms with E-state index < -0.39 is 4.92 Å². The second kappa shape index (κ2) is 7.98. The molecule has 0 unspecified atom stereocenters. The molecule has 1 heterocycles. The number of benzene rings is 1. The summed E-state index contributed by atoms with van der Waals surface area (Å²) in [4.78, 5) is 12.9. The Hall–Kier alpha value is -1.82. The van der Waals surface area contributed by atoms with E-state index in [0.717, 1.165) is 25.9 Å². The van der Waals surface area contributed by atoms with Crippen molar-refractivity contribution >= 4 is 5.69 Å². The van der Waals surface area contributed by atoms with E-state index in [1.807, 2.05) is 0 Å². The van der Waals surface area contributed by atoms with Crippen molar-refractivity contribution in [2.24, 2.45) is 5.92 Å². The number of likely N-dealkylation sites (tertiary alicyclic amines) is 1. The van der Waals surface area contributed by atoms with Crippen LogP contribution in [0.4, 0.5) is 5.69 Å². The van der Waals surface area contributed by atoms with Crippen LogP contribution in [0.1, 0.15) is 26.2 Å². The van der Waals surface area contributed by atoms with Gasteiger partial charge in [0.2, 0.25) is 5.75 Å². The first-order valence-electron chi connectivity index (χ1n) is 7.81. The van der Waals surface area contributed by atoms with Gasteiger partial charge in [0.1, 0.15) is 5.75 Å². The molecule has 0 radical (unpaired) electrons. The van der Waals surface area contributed by atoms with Crippen LogP contribution in [0, 0.1) is 16.0 Å². The van der Waals surface area contributed by atoms with Gasteiger partial charge in [0, 0.05) is 12.1 Å². The first-order valence-corrected chi connectivity index (χ1v) is 7.81. The number of hydrogen-bond donors (Lipinski definition) is 0. The maximum atomic E-state index is 10.9. The average molecular weight is 308 g/mol. The summed E-state index contributed by atoms with van der Waals surface area (Å²) in [5.74, 6) is 1.41. The topological polar surface area (TPSA) is 64.8 Å². The van der Waals surface area contributed by atoms with E-state index in [1.54, 1.807) is 12.1 Å². The minimum absolute atomic E-state index is 0.0391. The van der Waals surface area contributed by atoms with Gasteiger partial charge in [-0.1, -0.05) is 6.92 Å². The van der Waals surface area contributed by atoms with Crippen molar-refractivity contribution < 1.29 is 14.4 Å². The van der Waals surface area contributed by atoms with Crippen molar-refractivity contribution in [3.63, 3.8) is 0 Å². The van der Waals surface area contributed by atoms with Crippen molar-refractivity contribution in [3.8, 4) is 11.5 Å². The Morgan fingerprint density at radius 1 is 1.36 bits per heavy atom. The normalized spacial score (nSPS) is 16.5. The molecule has 1 aromatic carbocycles. The summed E-state index contributed by atoms with van der Waals surface area (Å²) in [7, 11) is 1.43. The molecular formula is C16H24N2O4. The highest BCUT2D eigenvalue weighted by atomic mass is 16.6. The zero-order valence-corrected chi connectivity index (χ0v) is 13.3. The van der Waals surface area contributed by atoms with Gasteiger partial charge < -0.3 is 14.4 Å². The van der Waals surface area contributed by atoms with Crippen LogP contribution in [0.3, 0.4) is 0 Å². The van der Waals surface area contributed by atoms with Gasteiger partial charge in [-0.15, -0.1) is 0 Å². The van der Waals surface area contributed by atoms with Crippen molar-refractivity contribution in [1.82, 2.24) is 4.90 Å². The molecular weight excluding hydrogens is 284 g/mol. The number of nitrogens with zero attached hydrogens (tertiary/aromatic N) is 2. The van der Waals surface area contributed by atoms with Crippen molar-refractivity contribution in [2.75, 3.05) is 33.4 Å². The van der Waals surface area contributed by atoms with Crippen LogP contribution < -0.4 is 9.47 Å². The lowest BCUT2D eigenvalue weighted by Gasteiger charge is -2.31. The highest BCUT2D eigenvalue weighted by Crippen LogP contribution is 2.31. The van der Waals surface area contributed by atoms with Crippen molar-refractivity contribution in [1.29, 1.82) is 0 Å². The highest BCUT2D eigenvalue weighted by Gasteiger charge is 2.20. The Morgan fingerprint density at radius 2 is 2.09 bits per heavy atom. The monoisotopic (exact) mass is 308 g/mol. The maximum Gasteiger partial charge on any atom is 0.311 e. The molecule has 122 valence electrons. The SMILES string of the molecule is CCCN1CCC(COc2ccc([N+](=O)[O-])c(OC)c2)CC1. The molecule has 6 nitrogen and oxygen atoms in total. The van der Waals surface area contributed by atoms with Crippen LogP contribution in [0.15, 0.2) is 18.2 Å². The maximum absolute atomic E-state index is 10.9. The van der Waals surface area contributed by atoms with E-state index >= 15 is 0 Å². The predicted molar refractivity (Wildman–Crippen MR) is 84.6 cm³/mol. The van der Waals surface area contributed by atoms with E-state index in [9.17, 15) is 10.1 Å². The van der Waals surface area contributed by atoms with Gasteiger partial charge in [-0.05, 0) is 50.9 Å². The molecule has 0 amide bonds. The second-order valence-electron chi connectivity index (χ2n) is 5.69. The number of nitro groups is 1. The van der Waals surface area contributed by atoms with Crippen molar-refractivity contribution in [2.45, 2.75) is 26.2 Å². The summed E-state index contributed by atoms with van der Waals surface area (Å²) in [6, 6.07) is 4.65. The Balaban J connectivity index is 1.86. The van der Waals surface area contributed by atoms with E-state index in [4.69, 9.17) is 9.47 Å². The fraction of sp³-hybridized carbons (Fsp3) is 0.625. The summed E-state index contributed by atoms with van der Waals surface area (Å²) >= 11 is 0. The van der Waals surface area contributed by atoms with Gasteiger partial charge in [0.15, 0.2) is 0 Å². The summed E-state index contributed by atoms with van der Waals surface area (Å²) < 4.78 is 10.8. The third kappa shape index (κ3) is 4.34. The Labute approximate surface area is 131 Å². The number of ether oxygens (including phenoxy) is 2. The molecule has 1 aromatic rings. The average Bonchev–Trinajstić information content (AvgIpc) is 2.54. The first-order chi connectivity index (χ1) is 10.6. The quantitative estimate of drug-likeness (QED) is 0.572. The summed E-state index contributed by atoms with van der Waals surface area (Å²) in [5.41, 5.74) is -0.0391. The molecule has 2 rings (SSSR count). The van der Waals surface area contributed by atoms with Gasteiger partial charge >= 0.3 is 5.69 Å². The molecule has 0 aliphatic carbocycles. The molecule has 0 aromatic heterocycles. The lowest BCUT2D eigenvalue weighted by Crippen LogP contribution is -2.35. The number of rotatable bonds is 7. The molecule has 1 aliphatic heterocycles. The summed E-state index contributed by atoms with van der Waals surface area (Å²) in [6.45, 7) is 6.29. The molecule has 22 heavy (non-hydrogen) atoms. The Bertz CT molecular complexity index is 499. The van der Waals surface area contributed by atoms with Gasteiger partial charge in [0.05, 0.1) is 18.6 Å². The van der Waals surface area contributed by atoms with Crippen LogP contribution in [0.25, 0.3) is 0 Å². The van der Waals surface area contributed by atoms with Gasteiger partial charge in [-0.2, -0.15) is 0 Å². The zero-order chi connectivity index (χ0) is 15.9. The zero-order valence-electron chi connectivity index (χ0n) is 13.3. The lowest BCUT2D eigenvalue weighted by molar-refractivity contribution is -0.385. The van der Waals surface area contributed by atoms with E-state index in [-0.39, 0.29) is 11.4 Å². The summed E-state index contributed by atoms with van der Waals surface area (Å²) in [5, 5.41) is 10.9. The molecule has 0 bridgehead atoms. The van der Waals surface area contributed by atoms with E-state index in [2.05, 4.69) is 11.8 Å². The Kier molecular flexibility index (Phi) is 6.00. The van der Waals surface area contributed by atoms with Gasteiger partial charge in [-0.3, -0.25) is 10.1 Å². The smallest absolute Gasteiger partial charge is 0.311 e. The standard InChI is InChI=1S/C16H24N2O4/c1-3-8-17-9-6-13(7-10-17)12-22-14-4-5-15(18(19)20)16(11-14)21-2/h4-5,11,13H,3,6-10,12H2,1-2H3. The number of hydrogen-bond acceptors (Lipinski definition) is 5. The van der Waals surface area contributed by atoms with Crippen LogP contribution in [0.5, 0.6) is 11.5 Å². The minimum Gasteiger partial charge on any atom is -0.493 e. The highest BCUT2D eigenvalue weighted by molar-refractivity contribution is 5.50. The number of nitro benzene ring substituents is 1. The van der Waals surface area contributed by atoms with E-state index in [1.165, 1.54) is 26.1 Å². The fourth-order valence-corrected chi connectivity index (χ4v) is 2.81. The predicted octanol–water partition coefficient (Wildman–Crippen LogP) is 3.10. The molecule has 1 fully saturated rings. The molecule has 1 saturated heterocycles. The Morgan fingerprint density at radius 3 is 2.68 bits per heavy atom. The van der Waals surface area contributed by atoms with Gasteiger partial charge in [0.25, 0.3) is 0 Å². The molecule has 0 saturated carbocycles. The molecule has 0 spiro atoms. The second-order valence-corrected chi connectivity index (χ2v) is 5.69. The van der Waals surface area contributed by atoms with Crippen LogP contribution in [0.2, 0.25) is 0 Å². The minimum atomic E-state index is -0.452. The van der Waals surface area contributed by atoms with E-state index in [0.29, 0.717) is 18.3 Å². The van der Waals surface area contributed by atoms with Crippen LogP contribution >= 0.6 is 0 Å². The number of methoxy groups -OCH3 is 1. The molecule has 1 aliphatic rings. The molecule has 0 atom stereocenters. The number of piperidine rings is 1. The fourth-order valence-electron chi connectivity index (χ4n) is 2.81. The first kappa shape index (κ1) is 16.5. The third-order valence-electron chi connectivity index (χ3n) is 4.08. The van der Waals surface area contributed by atoms with Crippen molar-refractivity contribution in [3.05, 3.63) is 28.3 Å². The van der Waals surface area contributed by atoms with Crippen LogP contribution in [-0.4, -0.2) is 43.2 Å². The molecule has 0 N–H and O–H groups in total. The molecule has 6 heteroatoms. The largest absolute Gasteiger partial charge is 0.493 e. The third-order valence-corrected chi connectivity index (χ3v) is 4.08. The van der Waals surface area contributed by atoms with Gasteiger partial charge in [-0.25, -0.2) is 0 Å². The lowest BCUT2D eigenvalue weighted by atomic mass is 9.98. The summed E-state index contributed by atoms with van der Waals surface area (Å²) in [6.07, 6.45) is 3.48.